The third kappa shape index (κ3) is 5.58. The van der Waals surface area contributed by atoms with Gasteiger partial charge in [0.2, 0.25) is 0 Å². The smallest absolute Gasteiger partial charge is 0.264 e. The molecule has 3 aromatic rings. The monoisotopic (exact) mass is 488 g/mol. The maximum Gasteiger partial charge on any atom is 0.264 e. The molecule has 0 aliphatic rings. The van der Waals surface area contributed by atoms with Crippen molar-refractivity contribution < 1.29 is 22.7 Å². The third-order valence-electron chi connectivity index (χ3n) is 4.77. The second-order valence-electron chi connectivity index (χ2n) is 6.93. The molecular formula is C24H25ClN2O5S. The Bertz CT molecular complexity index is 1230. The number of rotatable bonds is 9. The van der Waals surface area contributed by atoms with Crippen molar-refractivity contribution in [2.75, 3.05) is 29.9 Å². The molecule has 33 heavy (non-hydrogen) atoms. The first-order chi connectivity index (χ1) is 15.8. The molecule has 0 spiro atoms. The minimum Gasteiger partial charge on any atom is -0.494 e. The van der Waals surface area contributed by atoms with Crippen LogP contribution in [0.4, 0.5) is 11.4 Å². The van der Waals surface area contributed by atoms with Gasteiger partial charge in [-0.2, -0.15) is 0 Å². The molecule has 0 unspecified atom stereocenters. The van der Waals surface area contributed by atoms with Crippen LogP contribution in [-0.4, -0.2) is 34.6 Å². The average molecular weight is 489 g/mol. The minimum atomic E-state index is -3.92. The molecule has 174 valence electrons. The van der Waals surface area contributed by atoms with Crippen LogP contribution in [0.5, 0.6) is 11.5 Å². The van der Waals surface area contributed by atoms with Crippen molar-refractivity contribution in [2.24, 2.45) is 0 Å². The molecule has 0 bridgehead atoms. The lowest BCUT2D eigenvalue weighted by atomic mass is 10.2. The van der Waals surface area contributed by atoms with Gasteiger partial charge in [0, 0.05) is 13.1 Å². The summed E-state index contributed by atoms with van der Waals surface area (Å²) in [6.07, 6.45) is 0. The molecule has 0 aromatic heterocycles. The van der Waals surface area contributed by atoms with Crippen LogP contribution in [-0.2, 0) is 10.0 Å². The van der Waals surface area contributed by atoms with Crippen LogP contribution >= 0.6 is 11.6 Å². The van der Waals surface area contributed by atoms with Crippen molar-refractivity contribution in [2.45, 2.75) is 18.7 Å². The topological polar surface area (TPSA) is 84.9 Å². The molecular weight excluding hydrogens is 464 g/mol. The van der Waals surface area contributed by atoms with Crippen molar-refractivity contribution in [1.29, 1.82) is 0 Å². The number of para-hydroxylation sites is 1. The summed E-state index contributed by atoms with van der Waals surface area (Å²) in [5.41, 5.74) is 0.898. The Labute approximate surface area is 198 Å². The van der Waals surface area contributed by atoms with Crippen LogP contribution in [0.15, 0.2) is 71.6 Å². The molecule has 0 aliphatic carbocycles. The molecule has 0 saturated carbocycles. The first-order valence-electron chi connectivity index (χ1n) is 10.3. The molecule has 3 rings (SSSR count). The van der Waals surface area contributed by atoms with Crippen molar-refractivity contribution in [3.63, 3.8) is 0 Å². The maximum atomic E-state index is 13.1. The Balaban J connectivity index is 1.94. The van der Waals surface area contributed by atoms with E-state index in [1.54, 1.807) is 48.5 Å². The van der Waals surface area contributed by atoms with Gasteiger partial charge < -0.3 is 14.8 Å². The summed E-state index contributed by atoms with van der Waals surface area (Å²) < 4.78 is 38.5. The lowest BCUT2D eigenvalue weighted by Crippen LogP contribution is -2.27. The van der Waals surface area contributed by atoms with E-state index < -0.39 is 15.9 Å². The van der Waals surface area contributed by atoms with E-state index in [1.165, 1.54) is 25.2 Å². The minimum absolute atomic E-state index is 0.0171. The molecule has 3 aromatic carbocycles. The van der Waals surface area contributed by atoms with Crippen molar-refractivity contribution in [1.82, 2.24) is 0 Å². The number of sulfonamides is 1. The first kappa shape index (κ1) is 24.4. The molecule has 0 saturated heterocycles. The van der Waals surface area contributed by atoms with Gasteiger partial charge in [0.25, 0.3) is 15.9 Å². The fraction of sp³-hybridized carbons (Fsp3) is 0.208. The molecule has 0 radical (unpaired) electrons. The quantitative estimate of drug-likeness (QED) is 0.446. The van der Waals surface area contributed by atoms with E-state index in [4.69, 9.17) is 21.1 Å². The zero-order valence-electron chi connectivity index (χ0n) is 18.5. The highest BCUT2D eigenvalue weighted by Crippen LogP contribution is 2.31. The second-order valence-corrected chi connectivity index (χ2v) is 9.30. The summed E-state index contributed by atoms with van der Waals surface area (Å²) in [6.45, 7) is 4.54. The van der Waals surface area contributed by atoms with Crippen LogP contribution in [0.25, 0.3) is 0 Å². The molecule has 0 heterocycles. The van der Waals surface area contributed by atoms with Gasteiger partial charge in [-0.1, -0.05) is 29.8 Å². The van der Waals surface area contributed by atoms with Crippen LogP contribution < -0.4 is 19.1 Å². The van der Waals surface area contributed by atoms with E-state index in [-0.39, 0.29) is 15.5 Å². The number of hydrogen-bond donors (Lipinski definition) is 1. The van der Waals surface area contributed by atoms with Crippen molar-refractivity contribution in [3.8, 4) is 11.5 Å². The summed E-state index contributed by atoms with van der Waals surface area (Å²) in [4.78, 5) is 13.0. The lowest BCUT2D eigenvalue weighted by Gasteiger charge is -2.20. The van der Waals surface area contributed by atoms with Gasteiger partial charge in [-0.25, -0.2) is 8.42 Å². The maximum absolute atomic E-state index is 13.1. The van der Waals surface area contributed by atoms with Crippen molar-refractivity contribution >= 4 is 38.9 Å². The van der Waals surface area contributed by atoms with E-state index in [1.807, 2.05) is 13.8 Å². The number of nitrogens with zero attached hydrogens (tertiary/aromatic N) is 1. The van der Waals surface area contributed by atoms with E-state index in [0.717, 1.165) is 4.31 Å². The summed E-state index contributed by atoms with van der Waals surface area (Å²) in [6, 6.07) is 17.8. The number of benzene rings is 3. The SMILES string of the molecule is CCOc1ccc(OCC)c(NC(=O)c2cc(S(=O)(=O)N(C)c3ccccc3)ccc2Cl)c1. The highest BCUT2D eigenvalue weighted by atomic mass is 35.5. The van der Waals surface area contributed by atoms with Gasteiger partial charge >= 0.3 is 0 Å². The summed E-state index contributed by atoms with van der Waals surface area (Å²) in [5.74, 6) is 0.440. The summed E-state index contributed by atoms with van der Waals surface area (Å²) >= 11 is 6.26. The highest BCUT2D eigenvalue weighted by Gasteiger charge is 2.24. The number of halogens is 1. The number of ether oxygens (including phenoxy) is 2. The van der Waals surface area contributed by atoms with E-state index in [2.05, 4.69) is 5.32 Å². The highest BCUT2D eigenvalue weighted by molar-refractivity contribution is 7.92. The Morgan fingerprint density at radius 1 is 0.970 bits per heavy atom. The normalized spacial score (nSPS) is 11.0. The number of carbonyl (C=O) groups excluding carboxylic acids is 1. The van der Waals surface area contributed by atoms with E-state index in [0.29, 0.717) is 36.1 Å². The van der Waals surface area contributed by atoms with Crippen LogP contribution in [0.2, 0.25) is 5.02 Å². The standard InChI is InChI=1S/C24H25ClN2O5S/c1-4-31-18-11-14-23(32-5-2)22(15-18)26-24(28)20-16-19(12-13-21(20)25)33(29,30)27(3)17-9-7-6-8-10-17/h6-16H,4-5H2,1-3H3,(H,26,28). The Hall–Kier alpha value is -3.23. The van der Waals surface area contributed by atoms with Gasteiger partial charge in [0.05, 0.1) is 40.1 Å². The Morgan fingerprint density at radius 3 is 2.33 bits per heavy atom. The number of carbonyl (C=O) groups is 1. The molecule has 7 nitrogen and oxygen atoms in total. The average Bonchev–Trinajstić information content (AvgIpc) is 2.81. The van der Waals surface area contributed by atoms with Gasteiger partial charge in [-0.15, -0.1) is 0 Å². The van der Waals surface area contributed by atoms with Crippen molar-refractivity contribution in [3.05, 3.63) is 77.3 Å². The first-order valence-corrected chi connectivity index (χ1v) is 12.1. The van der Waals surface area contributed by atoms with Gasteiger partial charge in [-0.05, 0) is 56.3 Å². The van der Waals surface area contributed by atoms with Crippen LogP contribution in [0.1, 0.15) is 24.2 Å². The fourth-order valence-corrected chi connectivity index (χ4v) is 4.53. The zero-order chi connectivity index (χ0) is 24.0. The zero-order valence-corrected chi connectivity index (χ0v) is 20.1. The molecule has 0 atom stereocenters. The summed E-state index contributed by atoms with van der Waals surface area (Å²) in [7, 11) is -2.47. The van der Waals surface area contributed by atoms with E-state index >= 15 is 0 Å². The number of nitrogens with one attached hydrogen (secondary N) is 1. The fourth-order valence-electron chi connectivity index (χ4n) is 3.11. The third-order valence-corrected chi connectivity index (χ3v) is 6.88. The van der Waals surface area contributed by atoms with Gasteiger partial charge in [-0.3, -0.25) is 9.10 Å². The largest absolute Gasteiger partial charge is 0.494 e. The van der Waals surface area contributed by atoms with E-state index in [9.17, 15) is 13.2 Å². The lowest BCUT2D eigenvalue weighted by molar-refractivity contribution is 0.102. The number of anilines is 2. The predicted molar refractivity (Wildman–Crippen MR) is 130 cm³/mol. The molecule has 0 fully saturated rings. The van der Waals surface area contributed by atoms with Crippen LogP contribution in [0, 0.1) is 0 Å². The molecule has 1 N–H and O–H groups in total. The summed E-state index contributed by atoms with van der Waals surface area (Å²) in [5, 5.41) is 2.87. The molecule has 9 heteroatoms. The van der Waals surface area contributed by atoms with Gasteiger partial charge in [0.1, 0.15) is 11.5 Å². The molecule has 1 amide bonds. The number of amides is 1. The second kappa shape index (κ2) is 10.6. The Kier molecular flexibility index (Phi) is 7.84. The van der Waals surface area contributed by atoms with Gasteiger partial charge in [0.15, 0.2) is 0 Å². The molecule has 0 aliphatic heterocycles. The Morgan fingerprint density at radius 2 is 1.67 bits per heavy atom. The van der Waals surface area contributed by atoms with Crippen LogP contribution in [0.3, 0.4) is 0 Å². The number of hydrogen-bond acceptors (Lipinski definition) is 5. The predicted octanol–water partition coefficient (Wildman–Crippen LogP) is 5.21.